The molecule has 0 aliphatic rings. The average Bonchev–Trinajstić information content (AvgIpc) is 3.12. The highest BCUT2D eigenvalue weighted by Crippen LogP contribution is 2.24. The van der Waals surface area contributed by atoms with Gasteiger partial charge in [0.15, 0.2) is 6.61 Å². The lowest BCUT2D eigenvalue weighted by molar-refractivity contribution is 0.0471. The number of halogens is 1. The monoisotopic (exact) mass is 445 g/mol. The summed E-state index contributed by atoms with van der Waals surface area (Å²) in [6, 6.07) is 14.2. The Balaban J connectivity index is 1.49. The third-order valence-electron chi connectivity index (χ3n) is 4.97. The fourth-order valence-corrected chi connectivity index (χ4v) is 3.49. The van der Waals surface area contributed by atoms with Gasteiger partial charge in [0.2, 0.25) is 11.7 Å². The van der Waals surface area contributed by atoms with Crippen LogP contribution in [0.15, 0.2) is 73.2 Å². The van der Waals surface area contributed by atoms with Crippen LogP contribution in [0, 0.1) is 19.7 Å². The smallest absolute Gasteiger partial charge is 0.344 e. The van der Waals surface area contributed by atoms with Gasteiger partial charge in [-0.3, -0.25) is 9.78 Å². The molecule has 4 aromatic rings. The summed E-state index contributed by atoms with van der Waals surface area (Å²) in [5.41, 5.74) is 2.46. The number of esters is 1. The SMILES string of the molecule is Cc1cc(C(=O)COC(=O)c2cccnc2Oc2cccnc2)c(C)n1-c1cccc(F)c1. The Morgan fingerprint density at radius 3 is 2.58 bits per heavy atom. The van der Waals surface area contributed by atoms with Crippen molar-refractivity contribution in [3.63, 3.8) is 0 Å². The highest BCUT2D eigenvalue weighted by Gasteiger charge is 2.21. The van der Waals surface area contributed by atoms with Gasteiger partial charge >= 0.3 is 5.97 Å². The van der Waals surface area contributed by atoms with E-state index in [0.717, 1.165) is 5.69 Å². The van der Waals surface area contributed by atoms with Crippen molar-refractivity contribution in [1.29, 1.82) is 0 Å². The summed E-state index contributed by atoms with van der Waals surface area (Å²) in [7, 11) is 0. The number of Topliss-reactive ketones (excluding diaryl/α,β-unsaturated/α-hetero) is 1. The van der Waals surface area contributed by atoms with Crippen molar-refractivity contribution in [3.8, 4) is 17.3 Å². The first-order valence-corrected chi connectivity index (χ1v) is 10.1. The van der Waals surface area contributed by atoms with Gasteiger partial charge in [0.25, 0.3) is 0 Å². The first-order chi connectivity index (χ1) is 15.9. The second-order valence-corrected chi connectivity index (χ2v) is 7.25. The summed E-state index contributed by atoms with van der Waals surface area (Å²) in [5.74, 6) is -1.03. The molecule has 0 radical (unpaired) electrons. The zero-order valence-corrected chi connectivity index (χ0v) is 18.0. The Kier molecular flexibility index (Phi) is 6.26. The molecule has 0 spiro atoms. The van der Waals surface area contributed by atoms with Crippen LogP contribution in [0.1, 0.15) is 32.1 Å². The molecule has 8 heteroatoms. The second-order valence-electron chi connectivity index (χ2n) is 7.25. The number of rotatable bonds is 7. The van der Waals surface area contributed by atoms with Crippen LogP contribution < -0.4 is 4.74 Å². The van der Waals surface area contributed by atoms with Gasteiger partial charge in [0.05, 0.1) is 6.20 Å². The standard InChI is InChI=1S/C25H20FN3O4/c1-16-12-22(17(2)29(16)19-7-3-6-18(26)13-19)23(30)15-32-25(31)21-9-5-11-28-24(21)33-20-8-4-10-27-14-20/h3-14H,15H2,1-2H3. The van der Waals surface area contributed by atoms with Gasteiger partial charge in [0, 0.05) is 35.0 Å². The van der Waals surface area contributed by atoms with Crippen LogP contribution in [-0.2, 0) is 4.74 Å². The Morgan fingerprint density at radius 1 is 1.00 bits per heavy atom. The lowest BCUT2D eigenvalue weighted by Crippen LogP contribution is -2.16. The minimum absolute atomic E-state index is 0.0484. The molecule has 0 amide bonds. The molecule has 0 unspecified atom stereocenters. The number of carbonyl (C=O) groups excluding carboxylic acids is 2. The van der Waals surface area contributed by atoms with E-state index < -0.39 is 12.6 Å². The number of hydrogen-bond acceptors (Lipinski definition) is 6. The lowest BCUT2D eigenvalue weighted by atomic mass is 10.1. The van der Waals surface area contributed by atoms with Gasteiger partial charge in [-0.2, -0.15) is 0 Å². The van der Waals surface area contributed by atoms with E-state index in [4.69, 9.17) is 9.47 Å². The highest BCUT2D eigenvalue weighted by molar-refractivity contribution is 6.01. The maximum atomic E-state index is 13.7. The molecule has 1 aromatic carbocycles. The third kappa shape index (κ3) is 4.79. The zero-order valence-electron chi connectivity index (χ0n) is 18.0. The molecule has 0 N–H and O–H groups in total. The summed E-state index contributed by atoms with van der Waals surface area (Å²) < 4.78 is 26.3. The number of benzene rings is 1. The van der Waals surface area contributed by atoms with E-state index in [2.05, 4.69) is 9.97 Å². The van der Waals surface area contributed by atoms with Gasteiger partial charge in [-0.1, -0.05) is 6.07 Å². The lowest BCUT2D eigenvalue weighted by Gasteiger charge is -2.11. The number of hydrogen-bond donors (Lipinski definition) is 0. The van der Waals surface area contributed by atoms with Crippen molar-refractivity contribution < 1.29 is 23.5 Å². The fraction of sp³-hybridized carbons (Fsp3) is 0.120. The van der Waals surface area contributed by atoms with Gasteiger partial charge in [-0.05, 0) is 62.4 Å². The predicted molar refractivity (Wildman–Crippen MR) is 118 cm³/mol. The number of ether oxygens (including phenoxy) is 2. The number of aryl methyl sites for hydroxylation is 1. The predicted octanol–water partition coefficient (Wildman–Crippen LogP) is 4.86. The highest BCUT2D eigenvalue weighted by atomic mass is 19.1. The fourth-order valence-electron chi connectivity index (χ4n) is 3.49. The van der Waals surface area contributed by atoms with E-state index in [9.17, 15) is 14.0 Å². The van der Waals surface area contributed by atoms with Crippen LogP contribution in [-0.4, -0.2) is 32.9 Å². The molecule has 0 aliphatic carbocycles. The second kappa shape index (κ2) is 9.44. The van der Waals surface area contributed by atoms with Gasteiger partial charge < -0.3 is 14.0 Å². The minimum atomic E-state index is -0.741. The van der Waals surface area contributed by atoms with Crippen molar-refractivity contribution in [2.24, 2.45) is 0 Å². The summed E-state index contributed by atoms with van der Waals surface area (Å²) in [5, 5.41) is 0. The maximum absolute atomic E-state index is 13.7. The van der Waals surface area contributed by atoms with Crippen LogP contribution in [0.4, 0.5) is 4.39 Å². The molecule has 0 saturated carbocycles. The quantitative estimate of drug-likeness (QED) is 0.299. The first kappa shape index (κ1) is 21.9. The summed E-state index contributed by atoms with van der Waals surface area (Å²) in [6.45, 7) is 3.11. The largest absolute Gasteiger partial charge is 0.454 e. The molecular formula is C25H20FN3O4. The van der Waals surface area contributed by atoms with Crippen LogP contribution in [0.3, 0.4) is 0 Å². The van der Waals surface area contributed by atoms with Crippen molar-refractivity contribution >= 4 is 11.8 Å². The topological polar surface area (TPSA) is 83.3 Å². The molecule has 0 bridgehead atoms. The Bertz CT molecular complexity index is 1320. The number of pyridine rings is 2. The molecule has 166 valence electrons. The summed E-state index contributed by atoms with van der Waals surface area (Å²) in [6.07, 6.45) is 4.56. The molecule has 4 rings (SSSR count). The van der Waals surface area contributed by atoms with Crippen LogP contribution in [0.2, 0.25) is 0 Å². The van der Waals surface area contributed by atoms with Crippen LogP contribution in [0.5, 0.6) is 11.6 Å². The Labute approximate surface area is 189 Å². The molecule has 0 aliphatic heterocycles. The average molecular weight is 445 g/mol. The minimum Gasteiger partial charge on any atom is -0.454 e. The normalized spacial score (nSPS) is 10.6. The number of carbonyl (C=O) groups is 2. The third-order valence-corrected chi connectivity index (χ3v) is 4.97. The van der Waals surface area contributed by atoms with Crippen molar-refractivity contribution in [3.05, 3.63) is 102 Å². The molecule has 3 heterocycles. The first-order valence-electron chi connectivity index (χ1n) is 10.1. The molecular weight excluding hydrogens is 425 g/mol. The molecule has 7 nitrogen and oxygen atoms in total. The number of aromatic nitrogens is 3. The van der Waals surface area contributed by atoms with Crippen molar-refractivity contribution in [2.75, 3.05) is 6.61 Å². The van der Waals surface area contributed by atoms with Gasteiger partial charge in [-0.25, -0.2) is 14.2 Å². The van der Waals surface area contributed by atoms with E-state index >= 15 is 0 Å². The summed E-state index contributed by atoms with van der Waals surface area (Å²) >= 11 is 0. The number of nitrogens with zero attached hydrogens (tertiary/aromatic N) is 3. The van der Waals surface area contributed by atoms with E-state index in [1.165, 1.54) is 30.6 Å². The molecule has 3 aromatic heterocycles. The van der Waals surface area contributed by atoms with E-state index in [-0.39, 0.29) is 23.0 Å². The van der Waals surface area contributed by atoms with Crippen LogP contribution >= 0.6 is 0 Å². The van der Waals surface area contributed by atoms with E-state index in [1.54, 1.807) is 54.1 Å². The Hall–Kier alpha value is -4.33. The van der Waals surface area contributed by atoms with Gasteiger partial charge in [-0.15, -0.1) is 0 Å². The van der Waals surface area contributed by atoms with Gasteiger partial charge in [0.1, 0.15) is 17.1 Å². The number of ketones is 1. The van der Waals surface area contributed by atoms with E-state index in [0.29, 0.717) is 22.7 Å². The summed E-state index contributed by atoms with van der Waals surface area (Å²) in [4.78, 5) is 33.5. The zero-order chi connectivity index (χ0) is 23.4. The molecule has 0 saturated heterocycles. The molecule has 0 atom stereocenters. The van der Waals surface area contributed by atoms with Crippen molar-refractivity contribution in [1.82, 2.24) is 14.5 Å². The van der Waals surface area contributed by atoms with E-state index in [1.807, 2.05) is 6.92 Å². The van der Waals surface area contributed by atoms with Crippen molar-refractivity contribution in [2.45, 2.75) is 13.8 Å². The van der Waals surface area contributed by atoms with Crippen LogP contribution in [0.25, 0.3) is 5.69 Å². The molecule has 33 heavy (non-hydrogen) atoms. The maximum Gasteiger partial charge on any atom is 0.344 e. The molecule has 0 fully saturated rings. The Morgan fingerprint density at radius 2 is 1.82 bits per heavy atom.